The van der Waals surface area contributed by atoms with Crippen LogP contribution in [-0.4, -0.2) is 9.55 Å². The van der Waals surface area contributed by atoms with Gasteiger partial charge in [-0.2, -0.15) is 26.3 Å². The number of aromatic nitrogens is 2. The van der Waals surface area contributed by atoms with Crippen LogP contribution in [-0.2, 0) is 18.1 Å². The molecule has 1 aliphatic heterocycles. The Morgan fingerprint density at radius 2 is 1.54 bits per heavy atom. The van der Waals surface area contributed by atoms with Crippen LogP contribution in [0.2, 0.25) is 0 Å². The van der Waals surface area contributed by atoms with Crippen molar-refractivity contribution in [2.24, 2.45) is 0 Å². The normalized spacial score (nSPS) is 17.7. The zero-order valence-corrected chi connectivity index (χ0v) is 13.7. The summed E-state index contributed by atoms with van der Waals surface area (Å²) in [5.74, 6) is 1.05. The average Bonchev–Trinajstić information content (AvgIpc) is 3.11. The third-order valence-electron chi connectivity index (χ3n) is 4.17. The second-order valence-electron chi connectivity index (χ2n) is 5.89. The van der Waals surface area contributed by atoms with Crippen LogP contribution in [0.25, 0.3) is 11.0 Å². The maximum absolute atomic E-state index is 13.1. The van der Waals surface area contributed by atoms with Gasteiger partial charge in [0.25, 0.3) is 0 Å². The molecule has 9 heteroatoms. The van der Waals surface area contributed by atoms with Gasteiger partial charge in [0, 0.05) is 0 Å². The van der Waals surface area contributed by atoms with E-state index in [0.717, 1.165) is 12.1 Å². The standard InChI is InChI=1S/C17H10F6N2S/c18-16(19,20)10-5-9(6-11(7-10)17(21,22)23)15-25-13-4-2-1-3-12(13)24-14(25)8-26-15/h1-7,15H,8H2. The van der Waals surface area contributed by atoms with Crippen molar-refractivity contribution in [2.45, 2.75) is 23.5 Å². The minimum absolute atomic E-state index is 0.0425. The fourth-order valence-electron chi connectivity index (χ4n) is 3.05. The predicted octanol–water partition coefficient (Wildman–Crippen LogP) is 5.87. The number of rotatable bonds is 1. The average molecular weight is 388 g/mol. The topological polar surface area (TPSA) is 17.8 Å². The fourth-order valence-corrected chi connectivity index (χ4v) is 4.28. The highest BCUT2D eigenvalue weighted by molar-refractivity contribution is 7.99. The molecular weight excluding hydrogens is 378 g/mol. The highest BCUT2D eigenvalue weighted by Crippen LogP contribution is 2.45. The highest BCUT2D eigenvalue weighted by atomic mass is 32.2. The second kappa shape index (κ2) is 5.67. The number of imidazole rings is 1. The molecular formula is C17H10F6N2S. The maximum atomic E-state index is 13.1. The molecule has 2 nitrogen and oxygen atoms in total. The number of nitrogens with zero attached hydrogens (tertiary/aromatic N) is 2. The summed E-state index contributed by atoms with van der Waals surface area (Å²) in [6.45, 7) is 0. The summed E-state index contributed by atoms with van der Waals surface area (Å²) in [7, 11) is 0. The molecule has 26 heavy (non-hydrogen) atoms. The molecule has 0 bridgehead atoms. The van der Waals surface area contributed by atoms with Crippen molar-refractivity contribution in [3.63, 3.8) is 0 Å². The lowest BCUT2D eigenvalue weighted by Gasteiger charge is -2.19. The van der Waals surface area contributed by atoms with E-state index >= 15 is 0 Å². The Bertz CT molecular complexity index is 957. The van der Waals surface area contributed by atoms with Gasteiger partial charge in [0.15, 0.2) is 0 Å². The van der Waals surface area contributed by atoms with Gasteiger partial charge >= 0.3 is 12.4 Å². The van der Waals surface area contributed by atoms with Crippen molar-refractivity contribution >= 4 is 22.8 Å². The minimum Gasteiger partial charge on any atom is -0.310 e. The van der Waals surface area contributed by atoms with Crippen LogP contribution >= 0.6 is 11.8 Å². The van der Waals surface area contributed by atoms with Crippen molar-refractivity contribution in [1.82, 2.24) is 9.55 Å². The summed E-state index contributed by atoms with van der Waals surface area (Å²) in [5, 5.41) is -0.694. The first-order valence-corrected chi connectivity index (χ1v) is 8.56. The lowest BCUT2D eigenvalue weighted by molar-refractivity contribution is -0.143. The SMILES string of the molecule is FC(F)(F)c1cc(C2SCc3nc4ccccc4n32)cc(C(F)(F)F)c1. The van der Waals surface area contributed by atoms with E-state index in [0.29, 0.717) is 22.6 Å². The molecule has 0 N–H and O–H groups in total. The van der Waals surface area contributed by atoms with E-state index < -0.39 is 28.9 Å². The van der Waals surface area contributed by atoms with Crippen LogP contribution in [0, 0.1) is 0 Å². The van der Waals surface area contributed by atoms with Crippen molar-refractivity contribution in [3.8, 4) is 0 Å². The van der Waals surface area contributed by atoms with E-state index in [2.05, 4.69) is 4.98 Å². The van der Waals surface area contributed by atoms with Gasteiger partial charge in [-0.05, 0) is 35.9 Å². The maximum Gasteiger partial charge on any atom is 0.416 e. The molecule has 2 heterocycles. The van der Waals surface area contributed by atoms with E-state index in [1.165, 1.54) is 11.8 Å². The molecule has 1 aliphatic rings. The molecule has 1 atom stereocenters. The smallest absolute Gasteiger partial charge is 0.310 e. The van der Waals surface area contributed by atoms with Crippen molar-refractivity contribution in [3.05, 3.63) is 65.0 Å². The lowest BCUT2D eigenvalue weighted by atomic mass is 10.0. The van der Waals surface area contributed by atoms with Crippen LogP contribution < -0.4 is 0 Å². The van der Waals surface area contributed by atoms with Gasteiger partial charge in [0.1, 0.15) is 11.2 Å². The van der Waals surface area contributed by atoms with Crippen LogP contribution in [0.5, 0.6) is 0 Å². The summed E-state index contributed by atoms with van der Waals surface area (Å²) >= 11 is 1.25. The van der Waals surface area contributed by atoms with Gasteiger partial charge in [-0.3, -0.25) is 0 Å². The zero-order chi connectivity index (χ0) is 18.7. The summed E-state index contributed by atoms with van der Waals surface area (Å²) in [5.41, 5.74) is -1.31. The quantitative estimate of drug-likeness (QED) is 0.486. The van der Waals surface area contributed by atoms with Crippen LogP contribution in [0.15, 0.2) is 42.5 Å². The number of hydrogen-bond donors (Lipinski definition) is 0. The van der Waals surface area contributed by atoms with Crippen molar-refractivity contribution < 1.29 is 26.3 Å². The number of benzene rings is 2. The molecule has 0 saturated heterocycles. The Balaban J connectivity index is 1.90. The molecule has 1 unspecified atom stereocenters. The predicted molar refractivity (Wildman–Crippen MR) is 85.6 cm³/mol. The Labute approximate surface area is 147 Å². The Kier molecular flexibility index (Phi) is 3.76. The van der Waals surface area contributed by atoms with Crippen LogP contribution in [0.4, 0.5) is 26.3 Å². The van der Waals surface area contributed by atoms with E-state index in [9.17, 15) is 26.3 Å². The third-order valence-corrected chi connectivity index (χ3v) is 5.39. The first-order valence-electron chi connectivity index (χ1n) is 7.51. The van der Waals surface area contributed by atoms with Gasteiger partial charge < -0.3 is 4.57 Å². The molecule has 0 aliphatic carbocycles. The summed E-state index contributed by atoms with van der Waals surface area (Å²) in [4.78, 5) is 4.41. The summed E-state index contributed by atoms with van der Waals surface area (Å²) in [6.07, 6.45) is -9.72. The molecule has 0 amide bonds. The van der Waals surface area contributed by atoms with Crippen molar-refractivity contribution in [2.75, 3.05) is 0 Å². The molecule has 3 aromatic rings. The molecule has 0 fully saturated rings. The van der Waals surface area contributed by atoms with Gasteiger partial charge in [0.05, 0.1) is 27.9 Å². The summed E-state index contributed by atoms with van der Waals surface area (Å²) in [6, 6.07) is 8.77. The zero-order valence-electron chi connectivity index (χ0n) is 12.9. The molecule has 0 spiro atoms. The number of para-hydroxylation sites is 2. The minimum atomic E-state index is -4.86. The number of fused-ring (bicyclic) bond motifs is 3. The van der Waals surface area contributed by atoms with Gasteiger partial charge in [-0.15, -0.1) is 11.8 Å². The fraction of sp³-hybridized carbons (Fsp3) is 0.235. The molecule has 136 valence electrons. The number of alkyl halides is 6. The molecule has 0 saturated carbocycles. The van der Waals surface area contributed by atoms with E-state index in [-0.39, 0.29) is 11.6 Å². The van der Waals surface area contributed by atoms with Gasteiger partial charge in [0.2, 0.25) is 0 Å². The monoisotopic (exact) mass is 388 g/mol. The first-order chi connectivity index (χ1) is 12.1. The Morgan fingerprint density at radius 3 is 2.15 bits per heavy atom. The highest BCUT2D eigenvalue weighted by Gasteiger charge is 2.38. The van der Waals surface area contributed by atoms with Crippen LogP contribution in [0.3, 0.4) is 0 Å². The largest absolute Gasteiger partial charge is 0.416 e. The Morgan fingerprint density at radius 1 is 0.923 bits per heavy atom. The summed E-state index contributed by atoms with van der Waals surface area (Å²) < 4.78 is 80.4. The lowest BCUT2D eigenvalue weighted by Crippen LogP contribution is -2.13. The second-order valence-corrected chi connectivity index (χ2v) is 6.96. The third kappa shape index (κ3) is 2.84. The molecule has 2 aromatic carbocycles. The molecule has 1 aromatic heterocycles. The van der Waals surface area contributed by atoms with Crippen LogP contribution in [0.1, 0.15) is 27.9 Å². The van der Waals surface area contributed by atoms with Gasteiger partial charge in [-0.1, -0.05) is 12.1 Å². The number of halogens is 6. The van der Waals surface area contributed by atoms with E-state index in [4.69, 9.17) is 0 Å². The number of thioether (sulfide) groups is 1. The van der Waals surface area contributed by atoms with Crippen molar-refractivity contribution in [1.29, 1.82) is 0 Å². The molecule has 0 radical (unpaired) electrons. The van der Waals surface area contributed by atoms with E-state index in [1.54, 1.807) is 28.8 Å². The van der Waals surface area contributed by atoms with Gasteiger partial charge in [-0.25, -0.2) is 4.98 Å². The number of hydrogen-bond acceptors (Lipinski definition) is 2. The van der Waals surface area contributed by atoms with E-state index in [1.807, 2.05) is 0 Å². The first kappa shape index (κ1) is 17.3. The molecule has 4 rings (SSSR count). The Hall–Kier alpha value is -2.16.